The molecule has 1 unspecified atom stereocenters. The molecule has 0 radical (unpaired) electrons. The van der Waals surface area contributed by atoms with Gasteiger partial charge in [0.25, 0.3) is 0 Å². The zero-order valence-corrected chi connectivity index (χ0v) is 11.5. The van der Waals surface area contributed by atoms with Gasteiger partial charge in [0, 0.05) is 10.3 Å². The van der Waals surface area contributed by atoms with Gasteiger partial charge in [0.2, 0.25) is 5.16 Å². The number of hydrogen-bond donors (Lipinski definition) is 0. The van der Waals surface area contributed by atoms with Crippen molar-refractivity contribution in [1.29, 1.82) is 0 Å². The number of aromatic nitrogens is 4. The van der Waals surface area contributed by atoms with E-state index in [1.54, 1.807) is 11.8 Å². The highest BCUT2D eigenvalue weighted by molar-refractivity contribution is 7.99. The monoisotopic (exact) mass is 280 g/mol. The molecule has 1 aromatic carbocycles. The Morgan fingerprint density at radius 3 is 2.89 bits per heavy atom. The summed E-state index contributed by atoms with van der Waals surface area (Å²) in [6.07, 6.45) is 2.36. The third-order valence-corrected chi connectivity index (χ3v) is 4.41. The molecule has 2 aromatic rings. The standard InChI is InChI=1S/C12H13ClN4S/c1-8(10-4-2-3-5-11(10)13)18-12-14-15-16-17(12)9-6-7-9/h2-5,8-9H,6-7H2,1H3. The van der Waals surface area contributed by atoms with Gasteiger partial charge in [-0.2, -0.15) is 0 Å². The fraction of sp³-hybridized carbons (Fsp3) is 0.417. The molecule has 3 rings (SSSR count). The summed E-state index contributed by atoms with van der Waals surface area (Å²) in [5.74, 6) is 0. The average molecular weight is 281 g/mol. The molecule has 0 spiro atoms. The van der Waals surface area contributed by atoms with Crippen LogP contribution in [-0.2, 0) is 0 Å². The SMILES string of the molecule is CC(Sc1nnnn1C1CC1)c1ccccc1Cl. The molecule has 1 atom stereocenters. The van der Waals surface area contributed by atoms with Gasteiger partial charge >= 0.3 is 0 Å². The van der Waals surface area contributed by atoms with E-state index in [-0.39, 0.29) is 5.25 Å². The number of tetrazole rings is 1. The van der Waals surface area contributed by atoms with Gasteiger partial charge < -0.3 is 0 Å². The molecule has 94 valence electrons. The van der Waals surface area contributed by atoms with Crippen LogP contribution in [0.1, 0.15) is 36.6 Å². The molecule has 1 fully saturated rings. The first kappa shape index (κ1) is 12.0. The number of hydrogen-bond acceptors (Lipinski definition) is 4. The molecule has 0 saturated heterocycles. The van der Waals surface area contributed by atoms with Crippen LogP contribution in [0.25, 0.3) is 0 Å². The molecule has 0 aliphatic heterocycles. The van der Waals surface area contributed by atoms with Crippen molar-refractivity contribution in [2.45, 2.75) is 36.2 Å². The zero-order chi connectivity index (χ0) is 12.5. The minimum Gasteiger partial charge on any atom is -0.217 e. The summed E-state index contributed by atoms with van der Waals surface area (Å²) in [6, 6.07) is 8.41. The Hall–Kier alpha value is -1.07. The summed E-state index contributed by atoms with van der Waals surface area (Å²) in [4.78, 5) is 0. The van der Waals surface area contributed by atoms with Crippen molar-refractivity contribution in [2.24, 2.45) is 0 Å². The van der Waals surface area contributed by atoms with Crippen molar-refractivity contribution in [3.63, 3.8) is 0 Å². The minimum absolute atomic E-state index is 0.238. The summed E-state index contributed by atoms with van der Waals surface area (Å²) >= 11 is 7.86. The average Bonchev–Trinajstić information content (AvgIpc) is 3.11. The maximum atomic E-state index is 6.20. The van der Waals surface area contributed by atoms with E-state index in [0.717, 1.165) is 15.7 Å². The second-order valence-electron chi connectivity index (χ2n) is 4.42. The van der Waals surface area contributed by atoms with E-state index < -0.39 is 0 Å². The van der Waals surface area contributed by atoms with Crippen molar-refractivity contribution in [3.8, 4) is 0 Å². The Labute approximate surface area is 115 Å². The van der Waals surface area contributed by atoms with Gasteiger partial charge in [-0.25, -0.2) is 4.68 Å². The number of halogens is 1. The van der Waals surface area contributed by atoms with Crippen LogP contribution in [0.15, 0.2) is 29.4 Å². The van der Waals surface area contributed by atoms with Crippen molar-refractivity contribution in [1.82, 2.24) is 20.2 Å². The maximum Gasteiger partial charge on any atom is 0.210 e. The number of rotatable bonds is 4. The highest BCUT2D eigenvalue weighted by atomic mass is 35.5. The van der Waals surface area contributed by atoms with Crippen molar-refractivity contribution in [3.05, 3.63) is 34.9 Å². The van der Waals surface area contributed by atoms with E-state index in [0.29, 0.717) is 6.04 Å². The third kappa shape index (κ3) is 2.37. The van der Waals surface area contributed by atoms with Crippen molar-refractivity contribution >= 4 is 23.4 Å². The van der Waals surface area contributed by atoms with Crippen LogP contribution in [0.2, 0.25) is 5.02 Å². The molecule has 1 aromatic heterocycles. The molecule has 18 heavy (non-hydrogen) atoms. The lowest BCUT2D eigenvalue weighted by Gasteiger charge is -2.12. The molecule has 0 N–H and O–H groups in total. The van der Waals surface area contributed by atoms with Gasteiger partial charge in [0.15, 0.2) is 0 Å². The highest BCUT2D eigenvalue weighted by Gasteiger charge is 2.28. The van der Waals surface area contributed by atoms with Crippen LogP contribution < -0.4 is 0 Å². The zero-order valence-electron chi connectivity index (χ0n) is 9.95. The van der Waals surface area contributed by atoms with E-state index in [9.17, 15) is 0 Å². The molecule has 1 aliphatic rings. The van der Waals surface area contributed by atoms with E-state index in [2.05, 4.69) is 22.4 Å². The molecule has 4 nitrogen and oxygen atoms in total. The Bertz CT molecular complexity index is 553. The largest absolute Gasteiger partial charge is 0.217 e. The molecular formula is C12H13ClN4S. The van der Waals surface area contributed by atoms with E-state index in [4.69, 9.17) is 11.6 Å². The van der Waals surface area contributed by atoms with Crippen LogP contribution >= 0.6 is 23.4 Å². The lowest BCUT2D eigenvalue weighted by Crippen LogP contribution is -2.00. The maximum absolute atomic E-state index is 6.20. The van der Waals surface area contributed by atoms with Gasteiger partial charge in [0.1, 0.15) is 0 Å². The van der Waals surface area contributed by atoms with Crippen LogP contribution in [-0.4, -0.2) is 20.2 Å². The summed E-state index contributed by atoms with van der Waals surface area (Å²) in [5.41, 5.74) is 1.12. The molecule has 1 heterocycles. The Kier molecular flexibility index (Phi) is 3.26. The van der Waals surface area contributed by atoms with Crippen LogP contribution in [0, 0.1) is 0 Å². The molecule has 1 saturated carbocycles. The molecule has 6 heteroatoms. The van der Waals surface area contributed by atoms with Crippen LogP contribution in [0.5, 0.6) is 0 Å². The first-order chi connectivity index (χ1) is 8.75. The van der Waals surface area contributed by atoms with Gasteiger partial charge in [-0.15, -0.1) is 5.10 Å². The summed E-state index contributed by atoms with van der Waals surface area (Å²) in [7, 11) is 0. The van der Waals surface area contributed by atoms with E-state index in [1.807, 2.05) is 28.9 Å². The first-order valence-electron chi connectivity index (χ1n) is 5.94. The van der Waals surface area contributed by atoms with Gasteiger partial charge in [-0.05, 0) is 41.8 Å². The lowest BCUT2D eigenvalue weighted by molar-refractivity contribution is 0.565. The lowest BCUT2D eigenvalue weighted by atomic mass is 10.2. The predicted octanol–water partition coefficient (Wildman–Crippen LogP) is 3.51. The fourth-order valence-corrected chi connectivity index (χ4v) is 3.23. The van der Waals surface area contributed by atoms with Crippen molar-refractivity contribution in [2.75, 3.05) is 0 Å². The number of nitrogens with zero attached hydrogens (tertiary/aromatic N) is 4. The van der Waals surface area contributed by atoms with E-state index in [1.165, 1.54) is 12.8 Å². The normalized spacial score (nSPS) is 16.8. The van der Waals surface area contributed by atoms with Gasteiger partial charge in [0.05, 0.1) is 6.04 Å². The van der Waals surface area contributed by atoms with Gasteiger partial charge in [-0.3, -0.25) is 0 Å². The Balaban J connectivity index is 1.79. The third-order valence-electron chi connectivity index (χ3n) is 2.98. The molecule has 0 amide bonds. The molecular weight excluding hydrogens is 268 g/mol. The first-order valence-corrected chi connectivity index (χ1v) is 7.20. The van der Waals surface area contributed by atoms with Crippen LogP contribution in [0.4, 0.5) is 0 Å². The predicted molar refractivity (Wildman–Crippen MR) is 71.8 cm³/mol. The Morgan fingerprint density at radius 1 is 1.39 bits per heavy atom. The summed E-state index contributed by atoms with van der Waals surface area (Å²) in [5, 5.41) is 13.8. The number of thioether (sulfide) groups is 1. The second-order valence-corrected chi connectivity index (χ2v) is 6.13. The second kappa shape index (κ2) is 4.90. The van der Waals surface area contributed by atoms with Crippen LogP contribution in [0.3, 0.4) is 0 Å². The summed E-state index contributed by atoms with van der Waals surface area (Å²) in [6.45, 7) is 2.12. The van der Waals surface area contributed by atoms with Gasteiger partial charge in [-0.1, -0.05) is 41.6 Å². The highest BCUT2D eigenvalue weighted by Crippen LogP contribution is 2.41. The molecule has 1 aliphatic carbocycles. The Morgan fingerprint density at radius 2 is 2.17 bits per heavy atom. The smallest absolute Gasteiger partial charge is 0.210 e. The number of benzene rings is 1. The quantitative estimate of drug-likeness (QED) is 0.804. The van der Waals surface area contributed by atoms with Crippen molar-refractivity contribution < 1.29 is 0 Å². The minimum atomic E-state index is 0.238. The summed E-state index contributed by atoms with van der Waals surface area (Å²) < 4.78 is 1.93. The van der Waals surface area contributed by atoms with E-state index >= 15 is 0 Å². The molecule has 0 bridgehead atoms. The topological polar surface area (TPSA) is 43.6 Å². The fourth-order valence-electron chi connectivity index (χ4n) is 1.84.